The summed E-state index contributed by atoms with van der Waals surface area (Å²) in [5, 5.41) is 6.53. The second-order valence-corrected chi connectivity index (χ2v) is 8.42. The van der Waals surface area contributed by atoms with Crippen molar-refractivity contribution in [3.05, 3.63) is 53.6 Å². The summed E-state index contributed by atoms with van der Waals surface area (Å²) in [4.78, 5) is 30.3. The molecule has 1 saturated carbocycles. The van der Waals surface area contributed by atoms with Gasteiger partial charge in [-0.25, -0.2) is 4.98 Å². The first-order chi connectivity index (χ1) is 14.7. The molecule has 1 aromatic carbocycles. The van der Waals surface area contributed by atoms with E-state index in [2.05, 4.69) is 15.6 Å². The van der Waals surface area contributed by atoms with Crippen LogP contribution in [-0.2, 0) is 4.79 Å². The van der Waals surface area contributed by atoms with Gasteiger partial charge < -0.3 is 15.1 Å². The highest BCUT2D eigenvalue weighted by Crippen LogP contribution is 2.34. The van der Waals surface area contributed by atoms with Gasteiger partial charge >= 0.3 is 0 Å². The first kappa shape index (κ1) is 20.3. The lowest BCUT2D eigenvalue weighted by Crippen LogP contribution is -2.38. The lowest BCUT2D eigenvalue weighted by atomic mass is 9.89. The summed E-state index contributed by atoms with van der Waals surface area (Å²) >= 11 is 1.30. The van der Waals surface area contributed by atoms with Crippen LogP contribution in [0.5, 0.6) is 0 Å². The van der Waals surface area contributed by atoms with Gasteiger partial charge in [-0.15, -0.1) is 11.3 Å². The van der Waals surface area contributed by atoms with E-state index >= 15 is 0 Å². The number of rotatable bonds is 7. The van der Waals surface area contributed by atoms with Crippen molar-refractivity contribution in [2.24, 2.45) is 5.92 Å². The lowest BCUT2D eigenvalue weighted by Gasteiger charge is -2.20. The molecule has 6 nitrogen and oxygen atoms in total. The first-order valence-corrected chi connectivity index (χ1v) is 11.2. The Morgan fingerprint density at radius 1 is 1.00 bits per heavy atom. The van der Waals surface area contributed by atoms with E-state index < -0.39 is 0 Å². The highest BCUT2D eigenvalue weighted by atomic mass is 32.1. The molecule has 30 heavy (non-hydrogen) atoms. The predicted octanol–water partition coefficient (Wildman–Crippen LogP) is 4.50. The number of nitrogens with one attached hydrogen (secondary N) is 2. The zero-order valence-electron chi connectivity index (χ0n) is 16.7. The van der Waals surface area contributed by atoms with Gasteiger partial charge in [0.1, 0.15) is 4.88 Å². The molecule has 1 aliphatic rings. The smallest absolute Gasteiger partial charge is 0.263 e. The average molecular weight is 424 g/mol. The number of carbonyl (C=O) groups excluding carboxylic acids is 2. The Labute approximate surface area is 179 Å². The maximum atomic E-state index is 12.9. The molecule has 0 saturated heterocycles. The molecule has 1 aliphatic carbocycles. The molecule has 0 bridgehead atoms. The number of thiazole rings is 1. The molecule has 2 heterocycles. The van der Waals surface area contributed by atoms with Crippen molar-refractivity contribution in [1.29, 1.82) is 0 Å². The van der Waals surface area contributed by atoms with Crippen molar-refractivity contribution in [2.75, 3.05) is 13.1 Å². The third-order valence-electron chi connectivity index (χ3n) is 5.30. The summed E-state index contributed by atoms with van der Waals surface area (Å²) in [5.41, 5.74) is 1.51. The van der Waals surface area contributed by atoms with E-state index in [1.54, 1.807) is 12.3 Å². The van der Waals surface area contributed by atoms with Crippen LogP contribution < -0.4 is 10.6 Å². The molecule has 0 atom stereocenters. The zero-order chi connectivity index (χ0) is 20.8. The molecule has 156 valence electrons. The largest absolute Gasteiger partial charge is 0.462 e. The summed E-state index contributed by atoms with van der Waals surface area (Å²) in [6.45, 7) is 0.797. The Morgan fingerprint density at radius 2 is 1.77 bits per heavy atom. The molecule has 7 heteroatoms. The van der Waals surface area contributed by atoms with Crippen LogP contribution in [0.2, 0.25) is 0 Å². The number of benzene rings is 1. The minimum absolute atomic E-state index is 0.104. The third kappa shape index (κ3) is 4.79. The number of hydrogen-bond donors (Lipinski definition) is 2. The monoisotopic (exact) mass is 423 g/mol. The Bertz CT molecular complexity index is 977. The van der Waals surface area contributed by atoms with Crippen LogP contribution in [-0.4, -0.2) is 29.9 Å². The fourth-order valence-electron chi connectivity index (χ4n) is 3.72. The second-order valence-electron chi connectivity index (χ2n) is 7.42. The van der Waals surface area contributed by atoms with E-state index in [-0.39, 0.29) is 17.7 Å². The quantitative estimate of drug-likeness (QED) is 0.548. The molecule has 0 aliphatic heterocycles. The summed E-state index contributed by atoms with van der Waals surface area (Å²) < 4.78 is 5.45. The van der Waals surface area contributed by atoms with E-state index in [4.69, 9.17) is 4.42 Å². The minimum atomic E-state index is -0.198. The maximum absolute atomic E-state index is 12.9. The Balaban J connectivity index is 1.41. The summed E-state index contributed by atoms with van der Waals surface area (Å²) in [7, 11) is 0. The van der Waals surface area contributed by atoms with Crippen molar-refractivity contribution in [1.82, 2.24) is 15.6 Å². The van der Waals surface area contributed by atoms with Crippen LogP contribution in [0.4, 0.5) is 0 Å². The zero-order valence-corrected chi connectivity index (χ0v) is 17.5. The van der Waals surface area contributed by atoms with Gasteiger partial charge in [0.05, 0.1) is 12.0 Å². The van der Waals surface area contributed by atoms with E-state index in [9.17, 15) is 9.59 Å². The van der Waals surface area contributed by atoms with Crippen molar-refractivity contribution < 1.29 is 14.0 Å². The van der Waals surface area contributed by atoms with Gasteiger partial charge in [-0.2, -0.15) is 0 Å². The van der Waals surface area contributed by atoms with Crippen LogP contribution in [0.3, 0.4) is 0 Å². The molecule has 1 fully saturated rings. The fraction of sp³-hybridized carbons (Fsp3) is 0.348. The van der Waals surface area contributed by atoms with Gasteiger partial charge in [0.2, 0.25) is 5.91 Å². The van der Waals surface area contributed by atoms with Crippen LogP contribution in [0.1, 0.15) is 41.8 Å². The topological polar surface area (TPSA) is 84.2 Å². The molecule has 0 radical (unpaired) electrons. The van der Waals surface area contributed by atoms with Crippen LogP contribution in [0.25, 0.3) is 22.0 Å². The Morgan fingerprint density at radius 3 is 2.50 bits per heavy atom. The molecule has 0 unspecified atom stereocenters. The maximum Gasteiger partial charge on any atom is 0.263 e. The van der Waals surface area contributed by atoms with Gasteiger partial charge in [-0.05, 0) is 25.0 Å². The molecule has 2 aromatic heterocycles. The average Bonchev–Trinajstić information content (AvgIpc) is 3.48. The molecule has 3 aromatic rings. The van der Waals surface area contributed by atoms with Gasteiger partial charge in [0, 0.05) is 24.6 Å². The molecule has 4 rings (SSSR count). The Hall–Kier alpha value is -2.93. The van der Waals surface area contributed by atoms with Gasteiger partial charge in [-0.3, -0.25) is 9.59 Å². The minimum Gasteiger partial charge on any atom is -0.462 e. The van der Waals surface area contributed by atoms with E-state index in [1.165, 1.54) is 17.8 Å². The predicted molar refractivity (Wildman–Crippen MR) is 117 cm³/mol. The van der Waals surface area contributed by atoms with Gasteiger partial charge in [0.25, 0.3) is 5.91 Å². The summed E-state index contributed by atoms with van der Waals surface area (Å²) in [6.07, 6.45) is 7.00. The van der Waals surface area contributed by atoms with E-state index in [0.29, 0.717) is 34.4 Å². The van der Waals surface area contributed by atoms with Gasteiger partial charge in [-0.1, -0.05) is 49.6 Å². The molecule has 2 N–H and O–H groups in total. The van der Waals surface area contributed by atoms with Gasteiger partial charge in [0.15, 0.2) is 10.8 Å². The molecular weight excluding hydrogens is 398 g/mol. The number of nitrogens with zero attached hydrogens (tertiary/aromatic N) is 1. The highest BCUT2D eigenvalue weighted by Gasteiger charge is 2.22. The number of aromatic nitrogens is 1. The van der Waals surface area contributed by atoms with Crippen molar-refractivity contribution >= 4 is 23.2 Å². The van der Waals surface area contributed by atoms with Crippen molar-refractivity contribution in [3.63, 3.8) is 0 Å². The lowest BCUT2D eigenvalue weighted by molar-refractivity contribution is -0.125. The van der Waals surface area contributed by atoms with Crippen LogP contribution >= 0.6 is 11.3 Å². The van der Waals surface area contributed by atoms with Crippen LogP contribution in [0, 0.1) is 5.92 Å². The molecule has 2 amide bonds. The number of carbonyl (C=O) groups is 2. The third-order valence-corrected chi connectivity index (χ3v) is 6.37. The molecule has 0 spiro atoms. The Kier molecular flexibility index (Phi) is 6.59. The number of amides is 2. The fourth-order valence-corrected chi connectivity index (χ4v) is 4.69. The SMILES string of the molecule is O=C(NCCNC(=O)C1CCCCC1)c1sc(-c2ccco2)nc1-c1ccccc1. The van der Waals surface area contributed by atoms with Crippen molar-refractivity contribution in [3.8, 4) is 22.0 Å². The summed E-state index contributed by atoms with van der Waals surface area (Å²) in [6, 6.07) is 13.3. The molecular formula is C23H25N3O3S. The standard InChI is InChI=1S/C23H25N3O3S/c27-21(17-10-5-2-6-11-17)24-13-14-25-22(28)20-19(16-8-3-1-4-9-16)26-23(30-20)18-12-7-15-29-18/h1,3-4,7-9,12,15,17H,2,5-6,10-11,13-14H2,(H,24,27)(H,25,28). The van der Waals surface area contributed by atoms with E-state index in [0.717, 1.165) is 31.2 Å². The first-order valence-electron chi connectivity index (χ1n) is 10.4. The number of hydrogen-bond acceptors (Lipinski definition) is 5. The van der Waals surface area contributed by atoms with E-state index in [1.807, 2.05) is 36.4 Å². The normalized spacial score (nSPS) is 14.4. The summed E-state index contributed by atoms with van der Waals surface area (Å²) in [5.74, 6) is 0.662. The van der Waals surface area contributed by atoms with Crippen molar-refractivity contribution in [2.45, 2.75) is 32.1 Å². The van der Waals surface area contributed by atoms with Crippen LogP contribution in [0.15, 0.2) is 53.1 Å². The number of furan rings is 1. The highest BCUT2D eigenvalue weighted by molar-refractivity contribution is 7.17. The second kappa shape index (κ2) is 9.71.